The highest BCUT2D eigenvalue weighted by molar-refractivity contribution is 9.10. The first-order valence-electron chi connectivity index (χ1n) is 8.65. The number of amides is 1. The molecule has 0 saturated heterocycles. The summed E-state index contributed by atoms with van der Waals surface area (Å²) in [7, 11) is 0. The van der Waals surface area contributed by atoms with E-state index >= 15 is 0 Å². The third kappa shape index (κ3) is 3.78. The van der Waals surface area contributed by atoms with E-state index in [9.17, 15) is 4.79 Å². The van der Waals surface area contributed by atoms with Gasteiger partial charge in [0.05, 0.1) is 11.3 Å². The fraction of sp³-hybridized carbons (Fsp3) is 0.0909. The number of nitrogens with one attached hydrogen (secondary N) is 1. The Bertz CT molecular complexity index is 1000. The quantitative estimate of drug-likeness (QED) is 0.598. The van der Waals surface area contributed by atoms with Gasteiger partial charge in [0.25, 0.3) is 5.91 Å². The van der Waals surface area contributed by atoms with Crippen molar-refractivity contribution in [2.75, 3.05) is 0 Å². The third-order valence-corrected chi connectivity index (χ3v) is 5.12. The Morgan fingerprint density at radius 1 is 0.963 bits per heavy atom. The van der Waals surface area contributed by atoms with E-state index in [-0.39, 0.29) is 12.0 Å². The minimum Gasteiger partial charge on any atom is -0.485 e. The Morgan fingerprint density at radius 3 is 2.48 bits per heavy atom. The molecule has 1 atom stereocenters. The molecule has 5 heteroatoms. The number of rotatable bonds is 3. The maximum absolute atomic E-state index is 12.5. The summed E-state index contributed by atoms with van der Waals surface area (Å²) in [6.45, 7) is 0. The average Bonchev–Trinajstić information content (AvgIpc) is 2.72. The number of fused-ring (bicyclic) bond motifs is 1. The number of para-hydroxylation sites is 1. The molecule has 3 aromatic rings. The largest absolute Gasteiger partial charge is 0.485 e. The average molecular weight is 421 g/mol. The Hall–Kier alpha value is -2.92. The van der Waals surface area contributed by atoms with Gasteiger partial charge < -0.3 is 4.74 Å². The van der Waals surface area contributed by atoms with Crippen LogP contribution in [-0.2, 0) is 0 Å². The van der Waals surface area contributed by atoms with Gasteiger partial charge in [0, 0.05) is 16.5 Å². The molecule has 1 aliphatic heterocycles. The van der Waals surface area contributed by atoms with Gasteiger partial charge in [0.15, 0.2) is 0 Å². The van der Waals surface area contributed by atoms with Crippen molar-refractivity contribution < 1.29 is 9.53 Å². The first kappa shape index (κ1) is 17.5. The summed E-state index contributed by atoms with van der Waals surface area (Å²) in [5.74, 6) is 0.515. The zero-order valence-corrected chi connectivity index (χ0v) is 16.0. The van der Waals surface area contributed by atoms with E-state index in [0.717, 1.165) is 27.1 Å². The molecule has 27 heavy (non-hydrogen) atoms. The lowest BCUT2D eigenvalue weighted by molar-refractivity contribution is 0.0953. The van der Waals surface area contributed by atoms with Crippen LogP contribution in [0, 0.1) is 0 Å². The Kier molecular flexibility index (Phi) is 5.03. The fourth-order valence-corrected chi connectivity index (χ4v) is 3.54. The minimum absolute atomic E-state index is 0.139. The Morgan fingerprint density at radius 2 is 1.67 bits per heavy atom. The number of hydrogen-bond donors (Lipinski definition) is 1. The highest BCUT2D eigenvalue weighted by atomic mass is 79.9. The van der Waals surface area contributed by atoms with Gasteiger partial charge in [-0.15, -0.1) is 0 Å². The van der Waals surface area contributed by atoms with Crippen LogP contribution in [0.4, 0.5) is 0 Å². The normalized spacial score (nSPS) is 17.1. The molecule has 3 aromatic carbocycles. The molecule has 0 radical (unpaired) electrons. The maximum Gasteiger partial charge on any atom is 0.272 e. The van der Waals surface area contributed by atoms with Crippen molar-refractivity contribution in [2.45, 2.75) is 12.5 Å². The summed E-state index contributed by atoms with van der Waals surface area (Å²) in [6, 6.07) is 25.1. The van der Waals surface area contributed by atoms with E-state index in [1.807, 2.05) is 72.8 Å². The molecule has 1 amide bonds. The molecule has 0 aromatic heterocycles. The molecule has 0 bridgehead atoms. The van der Waals surface area contributed by atoms with Gasteiger partial charge in [0.2, 0.25) is 0 Å². The lowest BCUT2D eigenvalue weighted by Gasteiger charge is -2.27. The molecule has 1 unspecified atom stereocenters. The molecule has 0 aliphatic carbocycles. The highest BCUT2D eigenvalue weighted by Gasteiger charge is 2.26. The lowest BCUT2D eigenvalue weighted by atomic mass is 9.96. The summed E-state index contributed by atoms with van der Waals surface area (Å²) in [5, 5.41) is 4.43. The first-order valence-corrected chi connectivity index (χ1v) is 9.44. The van der Waals surface area contributed by atoms with Gasteiger partial charge in [0.1, 0.15) is 11.9 Å². The van der Waals surface area contributed by atoms with Crippen molar-refractivity contribution in [3.63, 3.8) is 0 Å². The van der Waals surface area contributed by atoms with Crippen molar-refractivity contribution in [3.05, 3.63) is 100 Å². The standard InChI is InChI=1S/C22H17BrN2O2/c23-18-12-6-4-10-16(18)22(26)25-24-19-14-21(15-8-2-1-3-9-15)27-20-13-7-5-11-17(19)20/h1-13,21H,14H2,(H,25,26). The SMILES string of the molecule is O=C(NN=C1CC(c2ccccc2)Oc2ccccc21)c1ccccc1Br. The van der Waals surface area contributed by atoms with E-state index in [2.05, 4.69) is 26.5 Å². The van der Waals surface area contributed by atoms with Crippen LogP contribution in [0.3, 0.4) is 0 Å². The van der Waals surface area contributed by atoms with Gasteiger partial charge in [-0.3, -0.25) is 4.79 Å². The Labute approximate surface area is 166 Å². The zero-order valence-electron chi connectivity index (χ0n) is 14.4. The number of nitrogens with zero attached hydrogens (tertiary/aromatic N) is 1. The molecule has 1 N–H and O–H groups in total. The highest BCUT2D eigenvalue weighted by Crippen LogP contribution is 2.34. The maximum atomic E-state index is 12.5. The van der Waals surface area contributed by atoms with Crippen LogP contribution in [0.5, 0.6) is 5.75 Å². The Balaban J connectivity index is 1.63. The topological polar surface area (TPSA) is 50.7 Å². The molecule has 4 rings (SSSR count). The van der Waals surface area contributed by atoms with E-state index in [1.165, 1.54) is 0 Å². The second-order valence-electron chi connectivity index (χ2n) is 6.20. The van der Waals surface area contributed by atoms with Crippen LogP contribution in [0.15, 0.2) is 88.4 Å². The predicted molar refractivity (Wildman–Crippen MR) is 109 cm³/mol. The van der Waals surface area contributed by atoms with Crippen LogP contribution in [0.1, 0.15) is 34.0 Å². The smallest absolute Gasteiger partial charge is 0.272 e. The number of hydrogen-bond acceptors (Lipinski definition) is 3. The second kappa shape index (κ2) is 7.76. The lowest BCUT2D eigenvalue weighted by Crippen LogP contribution is -2.25. The van der Waals surface area contributed by atoms with Gasteiger partial charge in [-0.05, 0) is 45.8 Å². The monoisotopic (exact) mass is 420 g/mol. The van der Waals surface area contributed by atoms with Crippen LogP contribution in [0.25, 0.3) is 0 Å². The first-order chi connectivity index (χ1) is 13.2. The fourth-order valence-electron chi connectivity index (χ4n) is 3.07. The van der Waals surface area contributed by atoms with Crippen LogP contribution >= 0.6 is 15.9 Å². The van der Waals surface area contributed by atoms with Crippen molar-refractivity contribution in [2.24, 2.45) is 5.10 Å². The molecule has 1 heterocycles. The third-order valence-electron chi connectivity index (χ3n) is 4.43. The van der Waals surface area contributed by atoms with Gasteiger partial charge in [-0.25, -0.2) is 5.43 Å². The van der Waals surface area contributed by atoms with Crippen LogP contribution in [0.2, 0.25) is 0 Å². The van der Waals surface area contributed by atoms with Gasteiger partial charge >= 0.3 is 0 Å². The molecule has 4 nitrogen and oxygen atoms in total. The predicted octanol–water partition coefficient (Wildman–Crippen LogP) is 5.11. The molecular weight excluding hydrogens is 404 g/mol. The summed E-state index contributed by atoms with van der Waals surface area (Å²) in [6.07, 6.45) is 0.442. The molecule has 0 fully saturated rings. The number of carbonyl (C=O) groups is 1. The van der Waals surface area contributed by atoms with Crippen molar-refractivity contribution in [3.8, 4) is 5.75 Å². The van der Waals surface area contributed by atoms with Gasteiger partial charge in [-0.2, -0.15) is 5.10 Å². The molecule has 1 aliphatic rings. The van der Waals surface area contributed by atoms with Crippen molar-refractivity contribution in [1.29, 1.82) is 0 Å². The minimum atomic E-state index is -0.254. The second-order valence-corrected chi connectivity index (χ2v) is 7.05. The summed E-state index contributed by atoms with van der Waals surface area (Å²) < 4.78 is 6.89. The van der Waals surface area contributed by atoms with Crippen LogP contribution in [-0.4, -0.2) is 11.6 Å². The molecular formula is C22H17BrN2O2. The van der Waals surface area contributed by atoms with Crippen LogP contribution < -0.4 is 10.2 Å². The summed E-state index contributed by atoms with van der Waals surface area (Å²) in [5.41, 5.74) is 6.01. The molecule has 0 spiro atoms. The van der Waals surface area contributed by atoms with E-state index in [1.54, 1.807) is 6.07 Å². The summed E-state index contributed by atoms with van der Waals surface area (Å²) >= 11 is 3.40. The number of ether oxygens (including phenoxy) is 1. The van der Waals surface area contributed by atoms with E-state index in [0.29, 0.717) is 12.0 Å². The van der Waals surface area contributed by atoms with Gasteiger partial charge in [-0.1, -0.05) is 54.6 Å². The van der Waals surface area contributed by atoms with E-state index < -0.39 is 0 Å². The molecule has 134 valence electrons. The number of carbonyl (C=O) groups excluding carboxylic acids is 1. The molecule has 0 saturated carbocycles. The van der Waals surface area contributed by atoms with Crippen molar-refractivity contribution in [1.82, 2.24) is 5.43 Å². The van der Waals surface area contributed by atoms with Crippen molar-refractivity contribution >= 4 is 27.5 Å². The summed E-state index contributed by atoms with van der Waals surface area (Å²) in [4.78, 5) is 12.5. The van der Waals surface area contributed by atoms with E-state index in [4.69, 9.17) is 4.74 Å². The number of hydrazone groups is 1. The number of halogens is 1. The number of benzene rings is 3. The zero-order chi connectivity index (χ0) is 18.6.